The number of aromatic amines is 1. The third-order valence-corrected chi connectivity index (χ3v) is 3.29. The zero-order valence-corrected chi connectivity index (χ0v) is 9.25. The normalized spacial score (nSPS) is 15.0. The van der Waals surface area contributed by atoms with Crippen molar-refractivity contribution >= 4 is 17.2 Å². The fourth-order valence-corrected chi connectivity index (χ4v) is 2.15. The minimum atomic E-state index is -0.0755. The number of carbonyl (C=O) groups excluding carboxylic acids is 1. The van der Waals surface area contributed by atoms with Crippen molar-refractivity contribution in [2.45, 2.75) is 18.9 Å². The number of thiazole rings is 1. The van der Waals surface area contributed by atoms with E-state index in [1.165, 1.54) is 11.3 Å². The van der Waals surface area contributed by atoms with E-state index in [-0.39, 0.29) is 5.91 Å². The molecule has 2 heterocycles. The summed E-state index contributed by atoms with van der Waals surface area (Å²) in [6.07, 6.45) is 5.64. The van der Waals surface area contributed by atoms with Crippen LogP contribution < -0.4 is 5.32 Å². The zero-order chi connectivity index (χ0) is 11.0. The molecule has 2 N–H and O–H groups in total. The van der Waals surface area contributed by atoms with Gasteiger partial charge in [0, 0.05) is 23.2 Å². The fourth-order valence-electron chi connectivity index (χ4n) is 1.37. The molecular formula is C10H10N4OS. The summed E-state index contributed by atoms with van der Waals surface area (Å²) in [7, 11) is 0. The number of aromatic nitrogens is 3. The Morgan fingerprint density at radius 1 is 1.56 bits per heavy atom. The minimum absolute atomic E-state index is 0.0755. The van der Waals surface area contributed by atoms with Crippen LogP contribution in [-0.4, -0.2) is 27.1 Å². The Hall–Kier alpha value is -1.69. The molecule has 1 saturated carbocycles. The zero-order valence-electron chi connectivity index (χ0n) is 8.43. The van der Waals surface area contributed by atoms with Crippen LogP contribution in [0.15, 0.2) is 17.8 Å². The molecule has 0 aliphatic heterocycles. The minimum Gasteiger partial charge on any atom is -0.348 e. The topological polar surface area (TPSA) is 70.7 Å². The lowest BCUT2D eigenvalue weighted by Gasteiger charge is -1.97. The summed E-state index contributed by atoms with van der Waals surface area (Å²) in [4.78, 5) is 16.0. The number of nitrogens with one attached hydrogen (secondary N) is 2. The molecule has 3 rings (SSSR count). The van der Waals surface area contributed by atoms with Crippen LogP contribution in [0.1, 0.15) is 23.3 Å². The number of H-pyrrole nitrogens is 1. The van der Waals surface area contributed by atoms with Crippen molar-refractivity contribution in [3.05, 3.63) is 23.5 Å². The summed E-state index contributed by atoms with van der Waals surface area (Å²) in [5, 5.41) is 12.1. The van der Waals surface area contributed by atoms with Gasteiger partial charge in [-0.05, 0) is 12.8 Å². The highest BCUT2D eigenvalue weighted by molar-refractivity contribution is 7.13. The molecule has 16 heavy (non-hydrogen) atoms. The summed E-state index contributed by atoms with van der Waals surface area (Å²) >= 11 is 1.45. The lowest BCUT2D eigenvalue weighted by Crippen LogP contribution is -2.25. The molecule has 2 aromatic heterocycles. The second-order valence-electron chi connectivity index (χ2n) is 3.77. The van der Waals surface area contributed by atoms with Crippen LogP contribution >= 0.6 is 11.3 Å². The number of hydrogen-bond acceptors (Lipinski definition) is 4. The summed E-state index contributed by atoms with van der Waals surface area (Å²) in [6.45, 7) is 0. The molecule has 0 saturated heterocycles. The van der Waals surface area contributed by atoms with E-state index in [9.17, 15) is 4.79 Å². The first-order valence-corrected chi connectivity index (χ1v) is 5.96. The quantitative estimate of drug-likeness (QED) is 0.843. The Morgan fingerprint density at radius 3 is 3.12 bits per heavy atom. The molecule has 1 fully saturated rings. The average molecular weight is 234 g/mol. The van der Waals surface area contributed by atoms with Crippen molar-refractivity contribution < 1.29 is 4.79 Å². The van der Waals surface area contributed by atoms with Crippen LogP contribution in [0.25, 0.3) is 10.6 Å². The van der Waals surface area contributed by atoms with Crippen molar-refractivity contribution in [3.63, 3.8) is 0 Å². The van der Waals surface area contributed by atoms with E-state index in [0.29, 0.717) is 11.7 Å². The Morgan fingerprint density at radius 2 is 2.44 bits per heavy atom. The number of rotatable bonds is 3. The number of hydrogen-bond donors (Lipinski definition) is 2. The second-order valence-corrected chi connectivity index (χ2v) is 4.63. The molecule has 82 valence electrons. The average Bonchev–Trinajstić information content (AvgIpc) is 2.84. The summed E-state index contributed by atoms with van der Waals surface area (Å²) in [5.41, 5.74) is 1.41. The van der Waals surface area contributed by atoms with E-state index in [1.807, 2.05) is 0 Å². The van der Waals surface area contributed by atoms with Crippen LogP contribution in [0.2, 0.25) is 0 Å². The van der Waals surface area contributed by atoms with Crippen molar-refractivity contribution in [1.82, 2.24) is 20.5 Å². The second kappa shape index (κ2) is 3.71. The van der Waals surface area contributed by atoms with Gasteiger partial charge >= 0.3 is 0 Å². The molecule has 0 radical (unpaired) electrons. The van der Waals surface area contributed by atoms with Crippen molar-refractivity contribution in [1.29, 1.82) is 0 Å². The molecule has 0 unspecified atom stereocenters. The largest absolute Gasteiger partial charge is 0.348 e. The number of amides is 1. The van der Waals surface area contributed by atoms with Gasteiger partial charge < -0.3 is 5.32 Å². The maximum atomic E-state index is 11.7. The lowest BCUT2D eigenvalue weighted by molar-refractivity contribution is 0.0947. The molecular weight excluding hydrogens is 224 g/mol. The third-order valence-electron chi connectivity index (χ3n) is 2.39. The molecule has 1 aliphatic rings. The van der Waals surface area contributed by atoms with Gasteiger partial charge in [0.1, 0.15) is 10.7 Å². The summed E-state index contributed by atoms with van der Waals surface area (Å²) < 4.78 is 0. The smallest absolute Gasteiger partial charge is 0.270 e. The maximum absolute atomic E-state index is 11.7. The van der Waals surface area contributed by atoms with Gasteiger partial charge in [-0.3, -0.25) is 9.89 Å². The molecule has 1 aliphatic carbocycles. The van der Waals surface area contributed by atoms with Gasteiger partial charge in [0.15, 0.2) is 0 Å². The molecule has 1 amide bonds. The number of nitrogens with zero attached hydrogens (tertiary/aromatic N) is 2. The van der Waals surface area contributed by atoms with Crippen LogP contribution in [0.3, 0.4) is 0 Å². The predicted molar refractivity (Wildman–Crippen MR) is 60.2 cm³/mol. The van der Waals surface area contributed by atoms with Crippen molar-refractivity contribution in [2.75, 3.05) is 0 Å². The first kappa shape index (κ1) is 9.53. The lowest BCUT2D eigenvalue weighted by atomic mass is 10.4. The Bertz CT molecular complexity index is 501. The molecule has 6 heteroatoms. The van der Waals surface area contributed by atoms with Gasteiger partial charge in [0.25, 0.3) is 5.91 Å². The summed E-state index contributed by atoms with van der Waals surface area (Å²) in [6, 6.07) is 0.367. The Kier molecular flexibility index (Phi) is 2.21. The van der Waals surface area contributed by atoms with Gasteiger partial charge in [-0.1, -0.05) is 0 Å². The van der Waals surface area contributed by atoms with E-state index >= 15 is 0 Å². The van der Waals surface area contributed by atoms with Crippen molar-refractivity contribution in [2.24, 2.45) is 0 Å². The van der Waals surface area contributed by atoms with Gasteiger partial charge in [0.05, 0.1) is 6.20 Å². The van der Waals surface area contributed by atoms with Crippen LogP contribution in [0.4, 0.5) is 0 Å². The first-order valence-electron chi connectivity index (χ1n) is 5.08. The third kappa shape index (κ3) is 1.83. The van der Waals surface area contributed by atoms with Gasteiger partial charge in [-0.2, -0.15) is 5.10 Å². The summed E-state index contributed by atoms with van der Waals surface area (Å²) in [5.74, 6) is -0.0755. The standard InChI is InChI=1S/C10H10N4OS/c15-9(13-7-1-2-7)8-5-16-10(14-8)6-3-11-12-4-6/h3-5,7H,1-2H2,(H,11,12)(H,13,15). The number of carbonyl (C=O) groups is 1. The Balaban J connectivity index is 1.79. The van der Waals surface area contributed by atoms with Crippen LogP contribution in [0.5, 0.6) is 0 Å². The molecule has 0 atom stereocenters. The first-order chi connectivity index (χ1) is 7.83. The molecule has 2 aromatic rings. The fraction of sp³-hybridized carbons (Fsp3) is 0.300. The van der Waals surface area contributed by atoms with Gasteiger partial charge in [-0.15, -0.1) is 11.3 Å². The molecule has 0 spiro atoms. The van der Waals surface area contributed by atoms with Gasteiger partial charge in [-0.25, -0.2) is 4.98 Å². The van der Waals surface area contributed by atoms with E-state index in [2.05, 4.69) is 20.5 Å². The highest BCUT2D eigenvalue weighted by Crippen LogP contribution is 2.23. The van der Waals surface area contributed by atoms with Crippen LogP contribution in [-0.2, 0) is 0 Å². The Labute approximate surface area is 95.9 Å². The molecule has 5 nitrogen and oxygen atoms in total. The highest BCUT2D eigenvalue weighted by Gasteiger charge is 2.24. The van der Waals surface area contributed by atoms with Crippen molar-refractivity contribution in [3.8, 4) is 10.6 Å². The van der Waals surface area contributed by atoms with Gasteiger partial charge in [0.2, 0.25) is 0 Å². The van der Waals surface area contributed by atoms with E-state index in [1.54, 1.807) is 17.8 Å². The highest BCUT2D eigenvalue weighted by atomic mass is 32.1. The maximum Gasteiger partial charge on any atom is 0.270 e. The molecule has 0 aromatic carbocycles. The predicted octanol–water partition coefficient (Wildman–Crippen LogP) is 1.43. The van der Waals surface area contributed by atoms with E-state index in [0.717, 1.165) is 23.4 Å². The molecule has 0 bridgehead atoms. The van der Waals surface area contributed by atoms with Crippen LogP contribution in [0, 0.1) is 0 Å². The SMILES string of the molecule is O=C(NC1CC1)c1csc(-c2cn[nH]c2)n1. The van der Waals surface area contributed by atoms with E-state index in [4.69, 9.17) is 0 Å². The monoisotopic (exact) mass is 234 g/mol. The van der Waals surface area contributed by atoms with E-state index < -0.39 is 0 Å².